The van der Waals surface area contributed by atoms with Crippen molar-refractivity contribution in [2.24, 2.45) is 0 Å². The molecule has 0 unspecified atom stereocenters. The first-order chi connectivity index (χ1) is 12.9. The third-order valence-electron chi connectivity index (χ3n) is 4.43. The molecule has 1 aliphatic rings. The Labute approximate surface area is 158 Å². The third kappa shape index (κ3) is 4.16. The van der Waals surface area contributed by atoms with Gasteiger partial charge in [0.05, 0.1) is 24.8 Å². The molecule has 8 heteroatoms. The van der Waals surface area contributed by atoms with Crippen molar-refractivity contribution in [2.45, 2.75) is 24.2 Å². The Hall–Kier alpha value is -2.74. The summed E-state index contributed by atoms with van der Waals surface area (Å²) in [4.78, 5) is 13.8. The fourth-order valence-electron chi connectivity index (χ4n) is 2.98. The fraction of sp³-hybridized carbons (Fsp3) is 0.316. The molecule has 27 heavy (non-hydrogen) atoms. The van der Waals surface area contributed by atoms with E-state index in [1.165, 1.54) is 26.4 Å². The predicted octanol–water partition coefficient (Wildman–Crippen LogP) is 3.02. The quantitative estimate of drug-likeness (QED) is 0.820. The highest BCUT2D eigenvalue weighted by atomic mass is 32.2. The van der Waals surface area contributed by atoms with Crippen molar-refractivity contribution >= 4 is 27.3 Å². The third-order valence-corrected chi connectivity index (χ3v) is 5.81. The van der Waals surface area contributed by atoms with Crippen molar-refractivity contribution in [1.29, 1.82) is 0 Å². The van der Waals surface area contributed by atoms with Crippen LogP contribution in [-0.4, -0.2) is 35.1 Å². The molecule has 0 bridgehead atoms. The Bertz CT molecular complexity index is 926. The van der Waals surface area contributed by atoms with Gasteiger partial charge in [-0.05, 0) is 49.2 Å². The molecule has 0 spiro atoms. The van der Waals surface area contributed by atoms with Crippen LogP contribution in [0, 0.1) is 0 Å². The monoisotopic (exact) mass is 390 g/mol. The van der Waals surface area contributed by atoms with Gasteiger partial charge in [0.1, 0.15) is 11.5 Å². The first-order valence-electron chi connectivity index (χ1n) is 8.60. The van der Waals surface area contributed by atoms with Crippen LogP contribution in [0.25, 0.3) is 0 Å². The van der Waals surface area contributed by atoms with Gasteiger partial charge in [-0.3, -0.25) is 9.52 Å². The second kappa shape index (κ2) is 7.87. The predicted molar refractivity (Wildman–Crippen MR) is 103 cm³/mol. The Morgan fingerprint density at radius 3 is 2.37 bits per heavy atom. The van der Waals surface area contributed by atoms with E-state index in [0.717, 1.165) is 12.8 Å². The van der Waals surface area contributed by atoms with Gasteiger partial charge in [0.25, 0.3) is 10.0 Å². The molecule has 0 aromatic heterocycles. The number of nitrogens with one attached hydrogen (secondary N) is 1. The smallest absolute Gasteiger partial charge is 0.262 e. The van der Waals surface area contributed by atoms with Crippen LogP contribution in [0.5, 0.6) is 11.5 Å². The standard InChI is InChI=1S/C19H22N2O5S/c1-25-15-8-11-18(26-2)17(13-15)20-27(23,24)16-9-6-14(7-10-16)21-12-4-3-5-19(21)22/h6-11,13,20H,3-5,12H2,1-2H3. The second-order valence-electron chi connectivity index (χ2n) is 6.17. The Morgan fingerprint density at radius 2 is 1.74 bits per heavy atom. The van der Waals surface area contributed by atoms with Gasteiger partial charge < -0.3 is 14.4 Å². The summed E-state index contributed by atoms with van der Waals surface area (Å²) in [7, 11) is -0.858. The molecule has 2 aromatic carbocycles. The van der Waals surface area contributed by atoms with Crippen molar-refractivity contribution < 1.29 is 22.7 Å². The summed E-state index contributed by atoms with van der Waals surface area (Å²) in [6.45, 7) is 0.657. The van der Waals surface area contributed by atoms with Gasteiger partial charge in [0, 0.05) is 24.7 Å². The molecule has 1 N–H and O–H groups in total. The van der Waals surface area contributed by atoms with E-state index in [1.54, 1.807) is 35.2 Å². The van der Waals surface area contributed by atoms with Gasteiger partial charge in [0.2, 0.25) is 5.91 Å². The summed E-state index contributed by atoms with van der Waals surface area (Å²) < 4.78 is 38.3. The van der Waals surface area contributed by atoms with Crippen molar-refractivity contribution in [2.75, 3.05) is 30.4 Å². The molecule has 144 valence electrons. The lowest BCUT2D eigenvalue weighted by Crippen LogP contribution is -2.35. The SMILES string of the molecule is COc1ccc(OC)c(NS(=O)(=O)c2ccc(N3CCCCC3=O)cc2)c1. The molecular weight excluding hydrogens is 368 g/mol. The number of carbonyl (C=O) groups is 1. The number of hydrogen-bond acceptors (Lipinski definition) is 5. The van der Waals surface area contributed by atoms with E-state index in [9.17, 15) is 13.2 Å². The number of nitrogens with zero attached hydrogens (tertiary/aromatic N) is 1. The van der Waals surface area contributed by atoms with Gasteiger partial charge in [-0.1, -0.05) is 0 Å². The first-order valence-corrected chi connectivity index (χ1v) is 10.1. The second-order valence-corrected chi connectivity index (χ2v) is 7.85. The van der Waals surface area contributed by atoms with Crippen LogP contribution in [0.3, 0.4) is 0 Å². The molecule has 1 aliphatic heterocycles. The Balaban J connectivity index is 1.84. The molecule has 1 saturated heterocycles. The number of amides is 1. The average Bonchev–Trinajstić information content (AvgIpc) is 2.68. The van der Waals surface area contributed by atoms with Crippen LogP contribution in [-0.2, 0) is 14.8 Å². The number of rotatable bonds is 6. The van der Waals surface area contributed by atoms with E-state index in [1.807, 2.05) is 0 Å². The minimum absolute atomic E-state index is 0.0658. The molecule has 0 saturated carbocycles. The summed E-state index contributed by atoms with van der Waals surface area (Å²) >= 11 is 0. The minimum atomic E-state index is -3.82. The molecule has 3 rings (SSSR count). The van der Waals surface area contributed by atoms with Crippen LogP contribution in [0.4, 0.5) is 11.4 Å². The molecule has 1 heterocycles. The lowest BCUT2D eigenvalue weighted by atomic mass is 10.1. The molecule has 7 nitrogen and oxygen atoms in total. The summed E-state index contributed by atoms with van der Waals surface area (Å²) in [5.74, 6) is 0.957. The zero-order valence-corrected chi connectivity index (χ0v) is 16.1. The van der Waals surface area contributed by atoms with E-state index >= 15 is 0 Å². The molecule has 2 aromatic rings. The molecule has 1 fully saturated rings. The van der Waals surface area contributed by atoms with Crippen LogP contribution >= 0.6 is 0 Å². The zero-order chi connectivity index (χ0) is 19.4. The summed E-state index contributed by atoms with van der Waals surface area (Å²) in [5.41, 5.74) is 0.991. The van der Waals surface area contributed by atoms with Gasteiger partial charge in [-0.2, -0.15) is 0 Å². The number of hydrogen-bond donors (Lipinski definition) is 1. The van der Waals surface area contributed by atoms with Crippen LogP contribution in [0.15, 0.2) is 47.4 Å². The highest BCUT2D eigenvalue weighted by Gasteiger charge is 2.21. The Kier molecular flexibility index (Phi) is 5.55. The van der Waals surface area contributed by atoms with Crippen LogP contribution < -0.4 is 19.1 Å². The lowest BCUT2D eigenvalue weighted by molar-refractivity contribution is -0.119. The topological polar surface area (TPSA) is 84.9 Å². The average molecular weight is 390 g/mol. The van der Waals surface area contributed by atoms with Crippen molar-refractivity contribution in [3.05, 3.63) is 42.5 Å². The number of carbonyl (C=O) groups excluding carboxylic acids is 1. The minimum Gasteiger partial charge on any atom is -0.497 e. The van der Waals surface area contributed by atoms with Crippen molar-refractivity contribution in [3.63, 3.8) is 0 Å². The Morgan fingerprint density at radius 1 is 1.00 bits per heavy atom. The summed E-state index contributed by atoms with van der Waals surface area (Å²) in [6.07, 6.45) is 2.37. The van der Waals surface area contributed by atoms with Gasteiger partial charge in [-0.25, -0.2) is 8.42 Å². The van der Waals surface area contributed by atoms with E-state index in [4.69, 9.17) is 9.47 Å². The van der Waals surface area contributed by atoms with E-state index < -0.39 is 10.0 Å². The van der Waals surface area contributed by atoms with Gasteiger partial charge in [-0.15, -0.1) is 0 Å². The molecule has 0 aliphatic carbocycles. The maximum absolute atomic E-state index is 12.7. The normalized spacial score (nSPS) is 14.7. The number of sulfonamides is 1. The van der Waals surface area contributed by atoms with Gasteiger partial charge in [0.15, 0.2) is 0 Å². The maximum atomic E-state index is 12.7. The van der Waals surface area contributed by atoms with E-state index in [2.05, 4.69) is 4.72 Å². The number of anilines is 2. The lowest BCUT2D eigenvalue weighted by Gasteiger charge is -2.26. The summed E-state index contributed by atoms with van der Waals surface area (Å²) in [5, 5.41) is 0. The van der Waals surface area contributed by atoms with Crippen molar-refractivity contribution in [3.8, 4) is 11.5 Å². The van der Waals surface area contributed by atoms with Crippen LogP contribution in [0.1, 0.15) is 19.3 Å². The first kappa shape index (κ1) is 19.0. The molecule has 0 atom stereocenters. The number of ether oxygens (including phenoxy) is 2. The largest absolute Gasteiger partial charge is 0.497 e. The number of piperidine rings is 1. The van der Waals surface area contributed by atoms with E-state index in [0.29, 0.717) is 30.2 Å². The van der Waals surface area contributed by atoms with Gasteiger partial charge >= 0.3 is 0 Å². The molecular formula is C19H22N2O5S. The van der Waals surface area contributed by atoms with Crippen LogP contribution in [0.2, 0.25) is 0 Å². The molecule has 1 amide bonds. The summed E-state index contributed by atoms with van der Waals surface area (Å²) in [6, 6.07) is 11.2. The molecule has 0 radical (unpaired) electrons. The van der Waals surface area contributed by atoms with Crippen molar-refractivity contribution in [1.82, 2.24) is 0 Å². The maximum Gasteiger partial charge on any atom is 0.262 e. The van der Waals surface area contributed by atoms with E-state index in [-0.39, 0.29) is 16.5 Å². The number of methoxy groups -OCH3 is 2. The number of benzene rings is 2. The zero-order valence-electron chi connectivity index (χ0n) is 15.3. The highest BCUT2D eigenvalue weighted by Crippen LogP contribution is 2.31. The highest BCUT2D eigenvalue weighted by molar-refractivity contribution is 7.92. The fourth-order valence-corrected chi connectivity index (χ4v) is 4.04.